The molecule has 0 aliphatic rings. The molecule has 13 aromatic rings. The van der Waals surface area contributed by atoms with E-state index in [1.165, 1.54) is 69.0 Å². The maximum absolute atomic E-state index is 5.22. The molecule has 6 heteroatoms. The van der Waals surface area contributed by atoms with E-state index in [1.807, 2.05) is 47.7 Å². The van der Waals surface area contributed by atoms with Gasteiger partial charge in [0.2, 0.25) is 5.95 Å². The minimum absolute atomic E-state index is 0.587. The van der Waals surface area contributed by atoms with Gasteiger partial charge in [0.25, 0.3) is 0 Å². The molecule has 8 aromatic carbocycles. The number of hydrogen-bond acceptors (Lipinski definition) is 4. The first-order valence-electron chi connectivity index (χ1n) is 19.2. The zero-order valence-electron chi connectivity index (χ0n) is 30.4. The number of rotatable bonds is 3. The molecular formula is C51H29N5S. The lowest BCUT2D eigenvalue weighted by Gasteiger charge is -2.11. The van der Waals surface area contributed by atoms with Crippen molar-refractivity contribution in [3.05, 3.63) is 176 Å². The Bertz CT molecular complexity index is 3750. The van der Waals surface area contributed by atoms with Crippen LogP contribution in [-0.4, -0.2) is 23.9 Å². The van der Waals surface area contributed by atoms with Crippen LogP contribution in [0.1, 0.15) is 0 Å². The van der Waals surface area contributed by atoms with Gasteiger partial charge in [-0.2, -0.15) is 9.97 Å². The van der Waals surface area contributed by atoms with Crippen LogP contribution in [0.4, 0.5) is 0 Å². The molecule has 0 spiro atoms. The van der Waals surface area contributed by atoms with E-state index in [4.69, 9.17) is 15.0 Å². The minimum atomic E-state index is 0.587. The van der Waals surface area contributed by atoms with Crippen LogP contribution in [0.3, 0.4) is 0 Å². The number of nitrogens with zero attached hydrogens (tertiary/aromatic N) is 5. The molecular weight excluding hydrogens is 715 g/mol. The van der Waals surface area contributed by atoms with Gasteiger partial charge < -0.3 is 4.40 Å². The van der Waals surface area contributed by atoms with Gasteiger partial charge in [-0.1, -0.05) is 140 Å². The number of thiophene rings is 1. The van der Waals surface area contributed by atoms with Crippen LogP contribution in [0.5, 0.6) is 0 Å². The van der Waals surface area contributed by atoms with Crippen LogP contribution in [0.2, 0.25) is 0 Å². The van der Waals surface area contributed by atoms with Crippen LogP contribution in [0, 0.1) is 0 Å². The van der Waals surface area contributed by atoms with Crippen molar-refractivity contribution in [2.24, 2.45) is 0 Å². The Morgan fingerprint density at radius 3 is 1.61 bits per heavy atom. The molecule has 0 fully saturated rings. The second-order valence-electron chi connectivity index (χ2n) is 14.8. The van der Waals surface area contributed by atoms with Crippen molar-refractivity contribution in [3.8, 4) is 28.7 Å². The van der Waals surface area contributed by atoms with Crippen molar-refractivity contribution < 1.29 is 0 Å². The maximum Gasteiger partial charge on any atom is 0.238 e. The fourth-order valence-corrected chi connectivity index (χ4v) is 10.4. The predicted octanol–water partition coefficient (Wildman–Crippen LogP) is 13.5. The highest BCUT2D eigenvalue weighted by atomic mass is 32.1. The number of benzene rings is 8. The molecule has 5 aromatic heterocycles. The van der Waals surface area contributed by atoms with Crippen molar-refractivity contribution in [1.29, 1.82) is 0 Å². The molecule has 0 aliphatic heterocycles. The summed E-state index contributed by atoms with van der Waals surface area (Å²) in [7, 11) is 0. The average molecular weight is 744 g/mol. The third kappa shape index (κ3) is 4.30. The number of para-hydroxylation sites is 2. The van der Waals surface area contributed by atoms with Crippen LogP contribution in [0.25, 0.3) is 120 Å². The summed E-state index contributed by atoms with van der Waals surface area (Å²) >= 11 is 1.88. The molecule has 0 N–H and O–H groups in total. The summed E-state index contributed by atoms with van der Waals surface area (Å²) in [6.07, 6.45) is 0. The Hall–Kier alpha value is -7.41. The summed E-state index contributed by atoms with van der Waals surface area (Å²) in [5, 5.41) is 12.3. The van der Waals surface area contributed by atoms with Crippen molar-refractivity contribution in [1.82, 2.24) is 23.9 Å². The second-order valence-corrected chi connectivity index (χ2v) is 15.9. The Morgan fingerprint density at radius 1 is 0.351 bits per heavy atom. The fraction of sp³-hybridized carbons (Fsp3) is 0. The van der Waals surface area contributed by atoms with Gasteiger partial charge in [-0.25, -0.2) is 4.98 Å². The van der Waals surface area contributed by atoms with Crippen molar-refractivity contribution in [3.63, 3.8) is 0 Å². The largest absolute Gasteiger partial charge is 0.308 e. The third-order valence-corrected chi connectivity index (χ3v) is 12.8. The standard InChI is InChI=1S/C51H29N5S/c1-3-14-30(15-4-1)49-52-50(31-16-5-2-6-17-31)54-51(53-49)56-41-24-12-10-21-35(41)38-28-42-39(29-43(38)56)37-26-27-45-47-46-36(22-13-25-44(46)57-45)33-19-8-7-18-32(33)34-20-9-11-23-40(34)55(42)48(37)47/h1-29H. The van der Waals surface area contributed by atoms with Crippen LogP contribution >= 0.6 is 11.3 Å². The molecule has 0 bridgehead atoms. The number of aromatic nitrogens is 5. The summed E-state index contributed by atoms with van der Waals surface area (Å²) in [5.74, 6) is 1.86. The second kappa shape index (κ2) is 11.6. The average Bonchev–Trinajstić information content (AvgIpc) is 3.94. The van der Waals surface area contributed by atoms with Gasteiger partial charge in [0.1, 0.15) is 0 Å². The van der Waals surface area contributed by atoms with Crippen LogP contribution < -0.4 is 0 Å². The lowest BCUT2D eigenvalue weighted by Crippen LogP contribution is -2.06. The Kier molecular flexibility index (Phi) is 6.26. The van der Waals surface area contributed by atoms with Gasteiger partial charge in [0.05, 0.1) is 27.6 Å². The van der Waals surface area contributed by atoms with E-state index in [0.29, 0.717) is 17.6 Å². The van der Waals surface area contributed by atoms with E-state index in [9.17, 15) is 0 Å². The molecule has 5 heterocycles. The zero-order chi connectivity index (χ0) is 37.2. The Balaban J connectivity index is 1.24. The van der Waals surface area contributed by atoms with Crippen molar-refractivity contribution >= 4 is 102 Å². The highest BCUT2D eigenvalue weighted by Gasteiger charge is 2.23. The predicted molar refractivity (Wildman–Crippen MR) is 239 cm³/mol. The molecule has 5 nitrogen and oxygen atoms in total. The highest BCUT2D eigenvalue weighted by molar-refractivity contribution is 7.26. The van der Waals surface area contributed by atoms with E-state index >= 15 is 0 Å². The van der Waals surface area contributed by atoms with Crippen molar-refractivity contribution in [2.45, 2.75) is 0 Å². The molecule has 0 radical (unpaired) electrons. The Morgan fingerprint density at radius 2 is 0.895 bits per heavy atom. The van der Waals surface area contributed by atoms with E-state index < -0.39 is 0 Å². The van der Waals surface area contributed by atoms with E-state index in [0.717, 1.165) is 32.9 Å². The molecule has 264 valence electrons. The summed E-state index contributed by atoms with van der Waals surface area (Å²) in [4.78, 5) is 15.5. The van der Waals surface area contributed by atoms with Gasteiger partial charge in [-0.05, 0) is 52.6 Å². The lowest BCUT2D eigenvalue weighted by molar-refractivity contribution is 0.954. The maximum atomic E-state index is 5.22. The molecule has 0 atom stereocenters. The Labute approximate surface area is 329 Å². The molecule has 13 rings (SSSR count). The van der Waals surface area contributed by atoms with Gasteiger partial charge >= 0.3 is 0 Å². The monoisotopic (exact) mass is 743 g/mol. The molecule has 0 saturated carbocycles. The van der Waals surface area contributed by atoms with Gasteiger partial charge in [-0.15, -0.1) is 11.3 Å². The topological polar surface area (TPSA) is 48.0 Å². The summed E-state index contributed by atoms with van der Waals surface area (Å²) in [6.45, 7) is 0. The molecule has 57 heavy (non-hydrogen) atoms. The first-order chi connectivity index (χ1) is 28.3. The lowest BCUT2D eigenvalue weighted by atomic mass is 10.0. The van der Waals surface area contributed by atoms with Crippen LogP contribution in [-0.2, 0) is 0 Å². The third-order valence-electron chi connectivity index (χ3n) is 11.7. The quantitative estimate of drug-likeness (QED) is 0.181. The molecule has 0 unspecified atom stereocenters. The number of fused-ring (bicyclic) bond motifs is 11. The van der Waals surface area contributed by atoms with Gasteiger partial charge in [0.15, 0.2) is 11.6 Å². The fourth-order valence-electron chi connectivity index (χ4n) is 9.30. The summed E-state index contributed by atoms with van der Waals surface area (Å²) in [5.41, 5.74) is 7.56. The first-order valence-corrected chi connectivity index (χ1v) is 20.0. The van der Waals surface area contributed by atoms with E-state index in [2.05, 4.69) is 148 Å². The minimum Gasteiger partial charge on any atom is -0.308 e. The zero-order valence-corrected chi connectivity index (χ0v) is 31.2. The van der Waals surface area contributed by atoms with E-state index in [1.54, 1.807) is 0 Å². The van der Waals surface area contributed by atoms with Gasteiger partial charge in [0, 0.05) is 58.2 Å². The number of hydrogen-bond donors (Lipinski definition) is 0. The summed E-state index contributed by atoms with van der Waals surface area (Å²) in [6, 6.07) is 63.1. The molecule has 0 amide bonds. The summed E-state index contributed by atoms with van der Waals surface area (Å²) < 4.78 is 7.37. The van der Waals surface area contributed by atoms with Crippen LogP contribution in [0.15, 0.2) is 176 Å². The molecule has 0 saturated heterocycles. The van der Waals surface area contributed by atoms with Crippen molar-refractivity contribution in [2.75, 3.05) is 0 Å². The van der Waals surface area contributed by atoms with Gasteiger partial charge in [-0.3, -0.25) is 4.57 Å². The smallest absolute Gasteiger partial charge is 0.238 e. The first kappa shape index (κ1) is 30.9. The SMILES string of the molecule is c1ccc(-c2nc(-c3ccccc3)nc(-n3c4ccccc4c4cc5c(cc43)c3ccc4sc6cccc7c8ccccc8c8ccccc8n5c3c4c67)n2)cc1. The molecule has 0 aliphatic carbocycles. The highest BCUT2D eigenvalue weighted by Crippen LogP contribution is 2.47. The normalized spacial score (nSPS) is 12.2. The van der Waals surface area contributed by atoms with E-state index in [-0.39, 0.29) is 0 Å².